The lowest BCUT2D eigenvalue weighted by Gasteiger charge is -2.11. The first-order chi connectivity index (χ1) is 14.7. The second kappa shape index (κ2) is 9.18. The van der Waals surface area contributed by atoms with E-state index in [1.807, 2.05) is 12.1 Å². The molecule has 4 aromatic rings. The van der Waals surface area contributed by atoms with Crippen LogP contribution in [-0.4, -0.2) is 14.8 Å². The Bertz CT molecular complexity index is 1180. The molecule has 0 N–H and O–H groups in total. The molecule has 0 aliphatic carbocycles. The molecule has 0 radical (unpaired) electrons. The van der Waals surface area contributed by atoms with E-state index in [0.717, 1.165) is 22.5 Å². The zero-order chi connectivity index (χ0) is 20.9. The van der Waals surface area contributed by atoms with Crippen molar-refractivity contribution in [2.45, 2.75) is 37.9 Å². The van der Waals surface area contributed by atoms with Crippen molar-refractivity contribution in [2.75, 3.05) is 0 Å². The molecule has 0 spiro atoms. The van der Waals surface area contributed by atoms with Crippen molar-refractivity contribution in [3.63, 3.8) is 0 Å². The van der Waals surface area contributed by atoms with Crippen LogP contribution < -0.4 is 4.74 Å². The normalized spacial score (nSPS) is 11.0. The molecule has 3 aromatic carbocycles. The molecule has 4 rings (SSSR count). The molecule has 152 valence electrons. The van der Waals surface area contributed by atoms with Crippen molar-refractivity contribution in [2.24, 2.45) is 0 Å². The molecule has 1 heterocycles. The van der Waals surface area contributed by atoms with Gasteiger partial charge in [-0.1, -0.05) is 66.4 Å². The van der Waals surface area contributed by atoms with E-state index in [9.17, 15) is 0 Å². The molecular weight excluding hydrogens is 390 g/mol. The molecule has 1 aromatic heterocycles. The van der Waals surface area contributed by atoms with Crippen molar-refractivity contribution in [3.8, 4) is 5.75 Å². The molecular formula is C25H25N3OS. The van der Waals surface area contributed by atoms with Crippen LogP contribution in [0.2, 0.25) is 0 Å². The third-order valence-electron chi connectivity index (χ3n) is 5.19. The fourth-order valence-electron chi connectivity index (χ4n) is 3.36. The second-order valence-corrected chi connectivity index (χ2v) is 8.20. The highest BCUT2D eigenvalue weighted by atomic mass is 32.2. The van der Waals surface area contributed by atoms with Crippen LogP contribution in [0.3, 0.4) is 0 Å². The van der Waals surface area contributed by atoms with Crippen LogP contribution in [0.5, 0.6) is 5.75 Å². The maximum Gasteiger partial charge on any atom is 0.191 e. The van der Waals surface area contributed by atoms with E-state index in [0.29, 0.717) is 13.2 Å². The van der Waals surface area contributed by atoms with Crippen LogP contribution in [0.15, 0.2) is 78.5 Å². The summed E-state index contributed by atoms with van der Waals surface area (Å²) in [7, 11) is 0. The average Bonchev–Trinajstić information content (AvgIpc) is 3.15. The van der Waals surface area contributed by atoms with Crippen LogP contribution in [0.1, 0.15) is 22.5 Å². The maximum atomic E-state index is 5.98. The molecule has 0 amide bonds. The van der Waals surface area contributed by atoms with Gasteiger partial charge in [0, 0.05) is 12.3 Å². The Balaban J connectivity index is 1.50. The summed E-state index contributed by atoms with van der Waals surface area (Å²) in [5, 5.41) is 12.2. The Morgan fingerprint density at radius 1 is 1.00 bits per heavy atom. The quantitative estimate of drug-likeness (QED) is 0.257. The molecule has 0 fully saturated rings. The fourth-order valence-corrected chi connectivity index (χ4v) is 4.33. The van der Waals surface area contributed by atoms with Crippen LogP contribution >= 0.6 is 11.8 Å². The third-order valence-corrected chi connectivity index (χ3v) is 6.20. The predicted octanol–water partition coefficient (Wildman–Crippen LogP) is 6.11. The number of fused-ring (bicyclic) bond motifs is 1. The number of benzene rings is 3. The molecule has 5 heteroatoms. The first-order valence-electron chi connectivity index (χ1n) is 9.98. The van der Waals surface area contributed by atoms with E-state index in [-0.39, 0.29) is 0 Å². The highest BCUT2D eigenvalue weighted by Crippen LogP contribution is 2.27. The molecule has 30 heavy (non-hydrogen) atoms. The summed E-state index contributed by atoms with van der Waals surface area (Å²) in [5.74, 6) is 2.47. The first-order valence-corrected chi connectivity index (χ1v) is 11.0. The Morgan fingerprint density at radius 3 is 2.67 bits per heavy atom. The molecule has 0 bridgehead atoms. The van der Waals surface area contributed by atoms with E-state index in [2.05, 4.69) is 89.8 Å². The minimum Gasteiger partial charge on any atom is -0.486 e. The molecule has 0 aliphatic rings. The predicted molar refractivity (Wildman–Crippen MR) is 124 cm³/mol. The molecule has 0 saturated carbocycles. The summed E-state index contributed by atoms with van der Waals surface area (Å²) in [6, 6.07) is 21.0. The van der Waals surface area contributed by atoms with E-state index in [1.54, 1.807) is 11.8 Å². The van der Waals surface area contributed by atoms with Gasteiger partial charge in [-0.15, -0.1) is 16.8 Å². The third kappa shape index (κ3) is 4.41. The Hall–Kier alpha value is -3.05. The van der Waals surface area contributed by atoms with Gasteiger partial charge in [0.15, 0.2) is 11.0 Å². The lowest BCUT2D eigenvalue weighted by Crippen LogP contribution is -2.07. The number of ether oxygens (including phenoxy) is 1. The van der Waals surface area contributed by atoms with Gasteiger partial charge in [0.1, 0.15) is 12.4 Å². The van der Waals surface area contributed by atoms with E-state index < -0.39 is 0 Å². The Kier molecular flexibility index (Phi) is 6.19. The zero-order valence-electron chi connectivity index (χ0n) is 17.3. The van der Waals surface area contributed by atoms with E-state index in [1.165, 1.54) is 27.5 Å². The van der Waals surface area contributed by atoms with Gasteiger partial charge in [0.25, 0.3) is 0 Å². The van der Waals surface area contributed by atoms with E-state index in [4.69, 9.17) is 4.74 Å². The number of aromatic nitrogens is 3. The lowest BCUT2D eigenvalue weighted by atomic mass is 10.1. The average molecular weight is 416 g/mol. The smallest absolute Gasteiger partial charge is 0.191 e. The van der Waals surface area contributed by atoms with Crippen molar-refractivity contribution in [1.82, 2.24) is 14.8 Å². The summed E-state index contributed by atoms with van der Waals surface area (Å²) in [4.78, 5) is 0. The zero-order valence-corrected chi connectivity index (χ0v) is 18.2. The van der Waals surface area contributed by atoms with Gasteiger partial charge in [0.2, 0.25) is 0 Å². The highest BCUT2D eigenvalue weighted by Gasteiger charge is 2.13. The van der Waals surface area contributed by atoms with Crippen molar-refractivity contribution in [1.29, 1.82) is 0 Å². The highest BCUT2D eigenvalue weighted by molar-refractivity contribution is 7.98. The summed E-state index contributed by atoms with van der Waals surface area (Å²) in [6.45, 7) is 9.10. The van der Waals surface area contributed by atoms with E-state index >= 15 is 0 Å². The topological polar surface area (TPSA) is 39.9 Å². The van der Waals surface area contributed by atoms with Crippen LogP contribution in [0, 0.1) is 13.8 Å². The van der Waals surface area contributed by atoms with Gasteiger partial charge in [-0.3, -0.25) is 4.57 Å². The Morgan fingerprint density at radius 2 is 1.83 bits per heavy atom. The van der Waals surface area contributed by atoms with Crippen molar-refractivity contribution >= 4 is 22.5 Å². The van der Waals surface area contributed by atoms with Crippen LogP contribution in [-0.2, 0) is 18.9 Å². The van der Waals surface area contributed by atoms with Gasteiger partial charge in [-0.05, 0) is 53.4 Å². The number of aryl methyl sites for hydroxylation is 2. The Labute approximate surface area is 181 Å². The van der Waals surface area contributed by atoms with Gasteiger partial charge in [-0.2, -0.15) is 0 Å². The minimum atomic E-state index is 0.373. The van der Waals surface area contributed by atoms with Gasteiger partial charge >= 0.3 is 0 Å². The second-order valence-electron chi connectivity index (χ2n) is 7.26. The lowest BCUT2D eigenvalue weighted by molar-refractivity contribution is 0.289. The summed E-state index contributed by atoms with van der Waals surface area (Å²) in [6.07, 6.45) is 1.87. The standard InChI is InChI=1S/C25H25N3OS/c1-4-14-28-24(16-29-22-13-12-18(2)19(3)15-22)26-27-25(28)30-17-21-10-7-9-20-8-5-6-11-23(20)21/h4-13,15H,1,14,16-17H2,2-3H3. The summed E-state index contributed by atoms with van der Waals surface area (Å²) in [5.41, 5.74) is 3.76. The minimum absolute atomic E-state index is 0.373. The molecule has 0 atom stereocenters. The maximum absolute atomic E-state index is 5.98. The monoisotopic (exact) mass is 415 g/mol. The summed E-state index contributed by atoms with van der Waals surface area (Å²) < 4.78 is 8.06. The van der Waals surface area contributed by atoms with Crippen molar-refractivity contribution < 1.29 is 4.74 Å². The molecule has 0 unspecified atom stereocenters. The van der Waals surface area contributed by atoms with Crippen molar-refractivity contribution in [3.05, 3.63) is 95.8 Å². The fraction of sp³-hybridized carbons (Fsp3) is 0.200. The van der Waals surface area contributed by atoms with Gasteiger partial charge in [-0.25, -0.2) is 0 Å². The number of hydrogen-bond donors (Lipinski definition) is 0. The van der Waals surface area contributed by atoms with Crippen LogP contribution in [0.25, 0.3) is 10.8 Å². The van der Waals surface area contributed by atoms with Gasteiger partial charge < -0.3 is 4.74 Å². The molecule has 4 nitrogen and oxygen atoms in total. The molecule has 0 saturated heterocycles. The number of thioether (sulfide) groups is 1. The largest absolute Gasteiger partial charge is 0.486 e. The number of rotatable bonds is 8. The van der Waals surface area contributed by atoms with Crippen LogP contribution in [0.4, 0.5) is 0 Å². The number of hydrogen-bond acceptors (Lipinski definition) is 4. The molecule has 0 aliphatic heterocycles. The number of allylic oxidation sites excluding steroid dienone is 1. The summed E-state index contributed by atoms with van der Waals surface area (Å²) >= 11 is 1.69. The van der Waals surface area contributed by atoms with Gasteiger partial charge in [0.05, 0.1) is 0 Å². The number of nitrogens with zero attached hydrogens (tertiary/aromatic N) is 3. The first kappa shape index (κ1) is 20.2. The SMILES string of the molecule is C=CCn1c(COc2ccc(C)c(C)c2)nnc1SCc1cccc2ccccc12.